The fraction of sp³-hybridized carbons (Fsp3) is 0.474. The van der Waals surface area contributed by atoms with Crippen LogP contribution in [0.3, 0.4) is 0 Å². The SMILES string of the molecule is C[C@@H]1CCCC[C@H]1OCCNC(=O)c1cnn(-c2ccc([N+](=O)[O-])cc2)c1. The second kappa shape index (κ2) is 8.77. The standard InChI is InChI=1S/C19H24N4O4/c1-14-4-2-3-5-18(14)27-11-10-20-19(24)15-12-21-22(13-15)16-6-8-17(9-7-16)23(25)26/h6-9,12-14,18H,2-5,10-11H2,1H3,(H,20,24)/t14-,18-/m1/s1. The van der Waals surface area contributed by atoms with Gasteiger partial charge in [0.25, 0.3) is 11.6 Å². The predicted octanol–water partition coefficient (Wildman–Crippen LogP) is 3.11. The molecule has 27 heavy (non-hydrogen) atoms. The largest absolute Gasteiger partial charge is 0.376 e. The molecule has 1 aromatic carbocycles. The molecule has 3 rings (SSSR count). The van der Waals surface area contributed by atoms with Gasteiger partial charge in [-0.25, -0.2) is 4.68 Å². The molecule has 1 fully saturated rings. The molecule has 8 nitrogen and oxygen atoms in total. The second-order valence-electron chi connectivity index (χ2n) is 6.87. The first kappa shape index (κ1) is 19.0. The number of rotatable bonds is 7. The van der Waals surface area contributed by atoms with E-state index in [0.29, 0.717) is 36.4 Å². The lowest BCUT2D eigenvalue weighted by Crippen LogP contribution is -2.31. The molecule has 144 valence electrons. The van der Waals surface area contributed by atoms with Crippen molar-refractivity contribution in [2.24, 2.45) is 5.92 Å². The number of amides is 1. The number of nitrogens with one attached hydrogen (secondary N) is 1. The van der Waals surface area contributed by atoms with Gasteiger partial charge in [-0.3, -0.25) is 14.9 Å². The second-order valence-corrected chi connectivity index (χ2v) is 6.87. The van der Waals surface area contributed by atoms with Gasteiger partial charge in [-0.2, -0.15) is 5.10 Å². The third-order valence-electron chi connectivity index (χ3n) is 4.92. The molecule has 1 aliphatic rings. The Morgan fingerprint density at radius 3 is 2.78 bits per heavy atom. The molecule has 8 heteroatoms. The number of hydrogen-bond acceptors (Lipinski definition) is 5. The normalized spacial score (nSPS) is 19.6. The van der Waals surface area contributed by atoms with Crippen LogP contribution in [0.4, 0.5) is 5.69 Å². The van der Waals surface area contributed by atoms with Gasteiger partial charge in [0.05, 0.1) is 35.1 Å². The summed E-state index contributed by atoms with van der Waals surface area (Å²) in [5.41, 5.74) is 1.09. The van der Waals surface area contributed by atoms with E-state index in [0.717, 1.165) is 6.42 Å². The number of nitro benzene ring substituents is 1. The fourth-order valence-electron chi connectivity index (χ4n) is 3.32. The van der Waals surface area contributed by atoms with E-state index < -0.39 is 4.92 Å². The van der Waals surface area contributed by atoms with Crippen LogP contribution in [0.2, 0.25) is 0 Å². The van der Waals surface area contributed by atoms with E-state index in [1.54, 1.807) is 18.3 Å². The average molecular weight is 372 g/mol. The van der Waals surface area contributed by atoms with Crippen LogP contribution in [-0.4, -0.2) is 39.9 Å². The summed E-state index contributed by atoms with van der Waals surface area (Å²) in [6.45, 7) is 3.16. The minimum Gasteiger partial charge on any atom is -0.376 e. The van der Waals surface area contributed by atoms with Crippen LogP contribution < -0.4 is 5.32 Å². The number of aromatic nitrogens is 2. The zero-order valence-corrected chi connectivity index (χ0v) is 15.3. The number of ether oxygens (including phenoxy) is 1. The molecule has 0 bridgehead atoms. The molecule has 0 aliphatic heterocycles. The molecule has 2 atom stereocenters. The summed E-state index contributed by atoms with van der Waals surface area (Å²) in [5.74, 6) is 0.359. The van der Waals surface area contributed by atoms with E-state index in [1.807, 2.05) is 0 Å². The maximum atomic E-state index is 12.2. The van der Waals surface area contributed by atoms with Crippen LogP contribution in [0, 0.1) is 16.0 Å². The Labute approximate surface area is 157 Å². The summed E-state index contributed by atoms with van der Waals surface area (Å²) >= 11 is 0. The number of carbonyl (C=O) groups excluding carboxylic acids is 1. The molecular weight excluding hydrogens is 348 g/mol. The van der Waals surface area contributed by atoms with Gasteiger partial charge < -0.3 is 10.1 Å². The lowest BCUT2D eigenvalue weighted by atomic mass is 9.88. The van der Waals surface area contributed by atoms with E-state index in [1.165, 1.54) is 42.3 Å². The van der Waals surface area contributed by atoms with E-state index in [9.17, 15) is 14.9 Å². The van der Waals surface area contributed by atoms with Crippen molar-refractivity contribution >= 4 is 11.6 Å². The van der Waals surface area contributed by atoms with Crippen molar-refractivity contribution in [3.05, 3.63) is 52.3 Å². The minimum atomic E-state index is -0.456. The van der Waals surface area contributed by atoms with E-state index in [2.05, 4.69) is 17.3 Å². The molecular formula is C19H24N4O4. The lowest BCUT2D eigenvalue weighted by molar-refractivity contribution is -0.384. The Bertz CT molecular complexity index is 787. The number of non-ortho nitro benzene ring substituents is 1. The van der Waals surface area contributed by atoms with Crippen LogP contribution in [0.5, 0.6) is 0 Å². The zero-order chi connectivity index (χ0) is 19.2. The summed E-state index contributed by atoms with van der Waals surface area (Å²) in [6, 6.07) is 5.98. The highest BCUT2D eigenvalue weighted by atomic mass is 16.6. The maximum absolute atomic E-state index is 12.2. The number of hydrogen-bond donors (Lipinski definition) is 1. The molecule has 2 aromatic rings. The van der Waals surface area contributed by atoms with Crippen LogP contribution in [0.1, 0.15) is 43.0 Å². The van der Waals surface area contributed by atoms with Gasteiger partial charge >= 0.3 is 0 Å². The monoisotopic (exact) mass is 372 g/mol. The number of benzene rings is 1. The predicted molar refractivity (Wildman–Crippen MR) is 99.9 cm³/mol. The first-order valence-electron chi connectivity index (χ1n) is 9.24. The molecule has 1 saturated carbocycles. The van der Waals surface area contributed by atoms with Gasteiger partial charge in [-0.05, 0) is 30.9 Å². The van der Waals surface area contributed by atoms with Crippen LogP contribution in [-0.2, 0) is 4.74 Å². The van der Waals surface area contributed by atoms with Crippen LogP contribution >= 0.6 is 0 Å². The molecule has 1 amide bonds. The molecule has 0 spiro atoms. The van der Waals surface area contributed by atoms with Gasteiger partial charge in [0.2, 0.25) is 0 Å². The van der Waals surface area contributed by atoms with Crippen LogP contribution in [0.15, 0.2) is 36.7 Å². The van der Waals surface area contributed by atoms with Gasteiger partial charge in [-0.15, -0.1) is 0 Å². The quantitative estimate of drug-likeness (QED) is 0.457. The molecule has 1 aromatic heterocycles. The van der Waals surface area contributed by atoms with Crippen molar-refractivity contribution in [1.29, 1.82) is 0 Å². The van der Waals surface area contributed by atoms with Crippen molar-refractivity contribution in [1.82, 2.24) is 15.1 Å². The van der Waals surface area contributed by atoms with Crippen LogP contribution in [0.25, 0.3) is 5.69 Å². The first-order valence-corrected chi connectivity index (χ1v) is 9.24. The smallest absolute Gasteiger partial charge is 0.269 e. The van der Waals surface area contributed by atoms with Gasteiger partial charge in [0.1, 0.15) is 0 Å². The highest BCUT2D eigenvalue weighted by Gasteiger charge is 2.21. The van der Waals surface area contributed by atoms with Crippen molar-refractivity contribution in [3.63, 3.8) is 0 Å². The summed E-state index contributed by atoms with van der Waals surface area (Å²) in [7, 11) is 0. The highest BCUT2D eigenvalue weighted by Crippen LogP contribution is 2.26. The van der Waals surface area contributed by atoms with E-state index >= 15 is 0 Å². The summed E-state index contributed by atoms with van der Waals surface area (Å²) in [6.07, 6.45) is 8.15. The Morgan fingerprint density at radius 2 is 2.07 bits per heavy atom. The van der Waals surface area contributed by atoms with Gasteiger partial charge in [-0.1, -0.05) is 19.8 Å². The fourth-order valence-corrected chi connectivity index (χ4v) is 3.32. The molecule has 1 N–H and O–H groups in total. The average Bonchev–Trinajstić information content (AvgIpc) is 3.17. The van der Waals surface area contributed by atoms with Crippen molar-refractivity contribution in [3.8, 4) is 5.69 Å². The first-order chi connectivity index (χ1) is 13.0. The Hall–Kier alpha value is -2.74. The van der Waals surface area contributed by atoms with Gasteiger partial charge in [0, 0.05) is 24.9 Å². The van der Waals surface area contributed by atoms with E-state index in [-0.39, 0.29) is 11.6 Å². The number of nitro groups is 1. The molecule has 0 radical (unpaired) electrons. The minimum absolute atomic E-state index is 0.0103. The van der Waals surface area contributed by atoms with Crippen molar-refractivity contribution < 1.29 is 14.5 Å². The summed E-state index contributed by atoms with van der Waals surface area (Å²) in [5, 5.41) is 17.7. The van der Waals surface area contributed by atoms with Gasteiger partial charge in [0.15, 0.2) is 0 Å². The number of nitrogens with zero attached hydrogens (tertiary/aromatic N) is 3. The molecule has 1 aliphatic carbocycles. The van der Waals surface area contributed by atoms with Crippen molar-refractivity contribution in [2.45, 2.75) is 38.7 Å². The summed E-state index contributed by atoms with van der Waals surface area (Å²) < 4.78 is 7.41. The third-order valence-corrected chi connectivity index (χ3v) is 4.92. The summed E-state index contributed by atoms with van der Waals surface area (Å²) in [4.78, 5) is 22.5. The Balaban J connectivity index is 1.48. The lowest BCUT2D eigenvalue weighted by Gasteiger charge is -2.28. The van der Waals surface area contributed by atoms with Crippen molar-refractivity contribution in [2.75, 3.05) is 13.2 Å². The molecule has 0 unspecified atom stereocenters. The number of carbonyl (C=O) groups is 1. The highest BCUT2D eigenvalue weighted by molar-refractivity contribution is 5.93. The third kappa shape index (κ3) is 4.91. The Morgan fingerprint density at radius 1 is 1.33 bits per heavy atom. The molecule has 1 heterocycles. The molecule has 0 saturated heterocycles. The zero-order valence-electron chi connectivity index (χ0n) is 15.3. The van der Waals surface area contributed by atoms with E-state index in [4.69, 9.17) is 4.74 Å². The topological polar surface area (TPSA) is 99.3 Å². The Kier molecular flexibility index (Phi) is 6.18. The maximum Gasteiger partial charge on any atom is 0.269 e.